The van der Waals surface area contributed by atoms with E-state index in [1.54, 1.807) is 4.57 Å². The number of rotatable bonds is 4. The van der Waals surface area contributed by atoms with Gasteiger partial charge in [-0.25, -0.2) is 9.18 Å². The number of halogens is 1. The largest absolute Gasteiger partial charge is 0.492 e. The van der Waals surface area contributed by atoms with Crippen molar-refractivity contribution in [2.75, 3.05) is 25.2 Å². The Kier molecular flexibility index (Phi) is 4.08. The highest BCUT2D eigenvalue weighted by molar-refractivity contribution is 5.97. The maximum atomic E-state index is 15.4. The lowest BCUT2D eigenvalue weighted by molar-refractivity contribution is 0.0694. The van der Waals surface area contributed by atoms with E-state index in [9.17, 15) is 14.7 Å². The van der Waals surface area contributed by atoms with Crippen molar-refractivity contribution in [3.05, 3.63) is 33.9 Å². The fourth-order valence-electron chi connectivity index (χ4n) is 4.76. The first-order valence-electron chi connectivity index (χ1n) is 9.74. The third kappa shape index (κ3) is 2.64. The second-order valence-corrected chi connectivity index (χ2v) is 7.96. The van der Waals surface area contributed by atoms with Crippen molar-refractivity contribution in [2.24, 2.45) is 5.73 Å². The van der Waals surface area contributed by atoms with Crippen LogP contribution >= 0.6 is 0 Å². The molecule has 2 unspecified atom stereocenters. The van der Waals surface area contributed by atoms with E-state index in [1.807, 2.05) is 4.90 Å². The van der Waals surface area contributed by atoms with Crippen LogP contribution in [0.2, 0.25) is 0 Å². The van der Waals surface area contributed by atoms with Gasteiger partial charge in [0.25, 0.3) is 0 Å². The zero-order valence-electron chi connectivity index (χ0n) is 15.9. The van der Waals surface area contributed by atoms with Crippen molar-refractivity contribution in [1.29, 1.82) is 0 Å². The number of aromatic nitrogens is 1. The third-order valence-electron chi connectivity index (χ3n) is 6.19. The number of hydrogen-bond acceptors (Lipinski definition) is 6. The van der Waals surface area contributed by atoms with Crippen molar-refractivity contribution < 1.29 is 23.8 Å². The van der Waals surface area contributed by atoms with Gasteiger partial charge in [-0.15, -0.1) is 0 Å². The highest BCUT2D eigenvalue weighted by Crippen LogP contribution is 2.46. The minimum absolute atomic E-state index is 0.0117. The topological polar surface area (TPSA) is 107 Å². The summed E-state index contributed by atoms with van der Waals surface area (Å²) in [5.74, 6) is -1.72. The summed E-state index contributed by atoms with van der Waals surface area (Å²) in [6, 6.07) is 0.884. The molecule has 29 heavy (non-hydrogen) atoms. The standard InChI is InChI=1S/C20H22FN3O5/c1-28-19-15-10(17(25)11(20(26)27)7-23(15)9-2-3-9)6-12(21)16(19)24-8-13(22)18-14(24)4-5-29-18/h6-7,9,13-14,18H,2-5,8,22H2,1H3,(H,26,27)/t13?,14-,18?/m1/s1. The van der Waals surface area contributed by atoms with Crippen LogP contribution in [0.3, 0.4) is 0 Å². The number of pyridine rings is 1. The van der Waals surface area contributed by atoms with Gasteiger partial charge in [0, 0.05) is 25.4 Å². The van der Waals surface area contributed by atoms with E-state index in [0.29, 0.717) is 18.7 Å². The zero-order chi connectivity index (χ0) is 20.4. The molecule has 3 aliphatic rings. The Morgan fingerprint density at radius 1 is 1.38 bits per heavy atom. The second kappa shape index (κ2) is 6.43. The molecule has 5 rings (SSSR count). The highest BCUT2D eigenvalue weighted by atomic mass is 19.1. The molecule has 2 aromatic rings. The summed E-state index contributed by atoms with van der Waals surface area (Å²) in [7, 11) is 1.43. The molecule has 3 fully saturated rings. The van der Waals surface area contributed by atoms with E-state index in [4.69, 9.17) is 15.2 Å². The van der Waals surface area contributed by atoms with Gasteiger partial charge in [-0.05, 0) is 25.3 Å². The fourth-order valence-corrected chi connectivity index (χ4v) is 4.76. The molecule has 1 saturated carbocycles. The maximum Gasteiger partial charge on any atom is 0.341 e. The van der Waals surface area contributed by atoms with Crippen LogP contribution in [0.1, 0.15) is 35.7 Å². The fraction of sp³-hybridized carbons (Fsp3) is 0.500. The van der Waals surface area contributed by atoms with Crippen molar-refractivity contribution >= 4 is 22.6 Å². The van der Waals surface area contributed by atoms with Gasteiger partial charge in [0.15, 0.2) is 11.6 Å². The van der Waals surface area contributed by atoms with Crippen molar-refractivity contribution in [3.8, 4) is 5.75 Å². The Morgan fingerprint density at radius 2 is 2.14 bits per heavy atom. The predicted octanol–water partition coefficient (Wildman–Crippen LogP) is 1.49. The second-order valence-electron chi connectivity index (χ2n) is 7.96. The van der Waals surface area contributed by atoms with Gasteiger partial charge >= 0.3 is 5.97 Å². The van der Waals surface area contributed by atoms with Crippen molar-refractivity contribution in [1.82, 2.24) is 4.57 Å². The third-order valence-corrected chi connectivity index (χ3v) is 6.19. The van der Waals surface area contributed by atoms with Crippen molar-refractivity contribution in [3.63, 3.8) is 0 Å². The van der Waals surface area contributed by atoms with Gasteiger partial charge in [0.05, 0.1) is 36.2 Å². The Labute approximate surface area is 165 Å². The Bertz CT molecular complexity index is 1080. The summed E-state index contributed by atoms with van der Waals surface area (Å²) in [6.45, 7) is 0.973. The summed E-state index contributed by atoms with van der Waals surface area (Å²) < 4.78 is 28.5. The van der Waals surface area contributed by atoms with Gasteiger partial charge in [-0.3, -0.25) is 4.79 Å². The average Bonchev–Trinajstić information content (AvgIpc) is 3.32. The summed E-state index contributed by atoms with van der Waals surface area (Å²) in [4.78, 5) is 26.2. The van der Waals surface area contributed by atoms with Gasteiger partial charge in [-0.2, -0.15) is 0 Å². The lowest BCUT2D eigenvalue weighted by atomic mass is 10.1. The van der Waals surface area contributed by atoms with E-state index in [2.05, 4.69) is 0 Å². The first-order chi connectivity index (χ1) is 13.9. The van der Waals surface area contributed by atoms with Crippen molar-refractivity contribution in [2.45, 2.75) is 43.5 Å². The average molecular weight is 403 g/mol. The number of hydrogen-bond donors (Lipinski definition) is 2. The van der Waals surface area contributed by atoms with Crippen LogP contribution in [0.5, 0.6) is 5.75 Å². The van der Waals surface area contributed by atoms with Gasteiger partial charge < -0.3 is 29.8 Å². The predicted molar refractivity (Wildman–Crippen MR) is 103 cm³/mol. The SMILES string of the molecule is COc1c(N2CC(N)C3OCC[C@H]32)c(F)cc2c(=O)c(C(=O)O)cn(C3CC3)c12. The molecular weight excluding hydrogens is 381 g/mol. The number of nitrogens with two attached hydrogens (primary N) is 1. The molecule has 0 spiro atoms. The first-order valence-corrected chi connectivity index (χ1v) is 9.74. The summed E-state index contributed by atoms with van der Waals surface area (Å²) in [5, 5.41) is 9.44. The number of fused-ring (bicyclic) bond motifs is 2. The molecule has 0 radical (unpaired) electrons. The van der Waals surface area contributed by atoms with E-state index >= 15 is 4.39 Å². The van der Waals surface area contributed by atoms with Gasteiger partial charge in [0.2, 0.25) is 5.43 Å². The van der Waals surface area contributed by atoms with Crippen LogP contribution in [0.4, 0.5) is 10.1 Å². The number of carboxylic acid groups (broad SMARTS) is 1. The van der Waals surface area contributed by atoms with Crippen LogP contribution in [0.25, 0.3) is 10.9 Å². The van der Waals surface area contributed by atoms with Crippen LogP contribution in [-0.2, 0) is 4.74 Å². The molecule has 9 heteroatoms. The number of carboxylic acids is 1. The van der Waals surface area contributed by atoms with Crippen LogP contribution in [0.15, 0.2) is 17.1 Å². The molecule has 3 atom stereocenters. The normalized spacial score (nSPS) is 26.2. The lowest BCUT2D eigenvalue weighted by Crippen LogP contribution is -2.35. The molecule has 2 aliphatic heterocycles. The zero-order valence-corrected chi connectivity index (χ0v) is 15.9. The summed E-state index contributed by atoms with van der Waals surface area (Å²) in [6.07, 6.45) is 3.63. The van der Waals surface area contributed by atoms with E-state index in [0.717, 1.165) is 25.3 Å². The molecule has 1 aliphatic carbocycles. The molecule has 0 bridgehead atoms. The smallest absolute Gasteiger partial charge is 0.341 e. The Morgan fingerprint density at radius 3 is 2.79 bits per heavy atom. The molecule has 1 aromatic carbocycles. The molecule has 8 nitrogen and oxygen atoms in total. The summed E-state index contributed by atoms with van der Waals surface area (Å²) >= 11 is 0. The van der Waals surface area contributed by atoms with Gasteiger partial charge in [-0.1, -0.05) is 0 Å². The molecular formula is C20H22FN3O5. The number of aromatic carboxylic acids is 1. The quantitative estimate of drug-likeness (QED) is 0.796. The van der Waals surface area contributed by atoms with Crippen LogP contribution in [-0.4, -0.2) is 54.1 Å². The van der Waals surface area contributed by atoms with E-state index < -0.39 is 17.2 Å². The molecule has 1 aromatic heterocycles. The maximum absolute atomic E-state index is 15.4. The minimum atomic E-state index is -1.33. The monoisotopic (exact) mass is 403 g/mol. The summed E-state index contributed by atoms with van der Waals surface area (Å²) in [5.41, 5.74) is 5.82. The molecule has 0 amide bonds. The Balaban J connectivity index is 1.80. The number of carbonyl (C=O) groups is 1. The number of ether oxygens (including phenoxy) is 2. The molecule has 2 saturated heterocycles. The highest BCUT2D eigenvalue weighted by Gasteiger charge is 2.46. The number of nitrogens with zero attached hydrogens (tertiary/aromatic N) is 2. The Hall–Kier alpha value is -2.65. The number of methoxy groups -OCH3 is 1. The minimum Gasteiger partial charge on any atom is -0.492 e. The first kappa shape index (κ1) is 18.4. The molecule has 3 heterocycles. The van der Waals surface area contributed by atoms with E-state index in [1.165, 1.54) is 13.3 Å². The molecule has 3 N–H and O–H groups in total. The number of benzene rings is 1. The van der Waals surface area contributed by atoms with E-state index in [-0.39, 0.29) is 46.6 Å². The van der Waals surface area contributed by atoms with Crippen LogP contribution < -0.4 is 20.8 Å². The van der Waals surface area contributed by atoms with Gasteiger partial charge in [0.1, 0.15) is 11.3 Å². The molecule has 154 valence electrons. The lowest BCUT2D eigenvalue weighted by Gasteiger charge is -2.28. The number of anilines is 1. The van der Waals surface area contributed by atoms with Crippen LogP contribution in [0, 0.1) is 5.82 Å².